The van der Waals surface area contributed by atoms with Crippen LogP contribution in [0, 0.1) is 30.1 Å². The molecule has 156 valence electrons. The number of hydrogen-bond acceptors (Lipinski definition) is 4. The van der Waals surface area contributed by atoms with Crippen LogP contribution in [0.1, 0.15) is 69.0 Å². The molecule has 1 aromatic rings. The summed E-state index contributed by atoms with van der Waals surface area (Å²) in [6, 6.07) is 4.17. The van der Waals surface area contributed by atoms with Crippen molar-refractivity contribution in [3.63, 3.8) is 0 Å². The van der Waals surface area contributed by atoms with Crippen LogP contribution < -0.4 is 0 Å². The number of pyridine rings is 1. The van der Waals surface area contributed by atoms with Crippen molar-refractivity contribution in [2.45, 2.75) is 70.8 Å². The maximum atomic E-state index is 13.0. The number of carbonyl (C=O) groups is 2. The Kier molecular flexibility index (Phi) is 4.67. The molecule has 2 heterocycles. The molecule has 5 fully saturated rings. The number of Topliss-reactive ketones (excluding diaryl/α,β-unsaturated/α-hetero) is 1. The van der Waals surface area contributed by atoms with E-state index in [0.717, 1.165) is 56.3 Å². The zero-order valence-corrected chi connectivity index (χ0v) is 17.6. The molecule has 1 aromatic heterocycles. The molecule has 4 saturated carbocycles. The Morgan fingerprint density at radius 2 is 1.97 bits per heavy atom. The van der Waals surface area contributed by atoms with Crippen LogP contribution >= 0.6 is 0 Å². The van der Waals surface area contributed by atoms with Crippen molar-refractivity contribution in [3.8, 4) is 0 Å². The van der Waals surface area contributed by atoms with Gasteiger partial charge in [-0.25, -0.2) is 4.79 Å². The van der Waals surface area contributed by atoms with Crippen LogP contribution in [0.2, 0.25) is 0 Å². The van der Waals surface area contributed by atoms with Crippen LogP contribution in [0.15, 0.2) is 18.3 Å². The molecule has 1 aliphatic heterocycles. The second-order valence-electron chi connectivity index (χ2n) is 10.1. The summed E-state index contributed by atoms with van der Waals surface area (Å²) in [5.41, 5.74) is 2.12. The maximum absolute atomic E-state index is 13.0. The first kappa shape index (κ1) is 19.1. The number of aryl methyl sites for hydroxylation is 1. The Morgan fingerprint density at radius 1 is 1.21 bits per heavy atom. The van der Waals surface area contributed by atoms with Gasteiger partial charge in [0.2, 0.25) is 0 Å². The molecular weight excluding hydrogens is 364 g/mol. The molecule has 5 heteroatoms. The summed E-state index contributed by atoms with van der Waals surface area (Å²) >= 11 is 0. The predicted molar refractivity (Wildman–Crippen MR) is 109 cm³/mol. The highest BCUT2D eigenvalue weighted by molar-refractivity contribution is 5.85. The highest BCUT2D eigenvalue weighted by Crippen LogP contribution is 2.61. The molecule has 1 amide bonds. The van der Waals surface area contributed by atoms with Crippen LogP contribution in [0.4, 0.5) is 4.79 Å². The summed E-state index contributed by atoms with van der Waals surface area (Å²) in [4.78, 5) is 32.0. The summed E-state index contributed by atoms with van der Waals surface area (Å²) in [6.07, 6.45) is 8.52. The number of ketones is 1. The molecule has 0 aromatic carbocycles. The number of carbonyl (C=O) groups excluding carboxylic acids is 2. The zero-order chi connectivity index (χ0) is 20.2. The second kappa shape index (κ2) is 7.10. The third kappa shape index (κ3) is 3.27. The van der Waals surface area contributed by atoms with Gasteiger partial charge in [-0.3, -0.25) is 9.78 Å². The van der Waals surface area contributed by atoms with Gasteiger partial charge in [0.1, 0.15) is 11.9 Å². The topological polar surface area (TPSA) is 59.5 Å². The molecule has 29 heavy (non-hydrogen) atoms. The maximum Gasteiger partial charge on any atom is 0.410 e. The van der Waals surface area contributed by atoms with Crippen LogP contribution in [0.25, 0.3) is 0 Å². The molecule has 6 rings (SSSR count). The highest BCUT2D eigenvalue weighted by Gasteiger charge is 2.59. The van der Waals surface area contributed by atoms with Crippen LogP contribution in [0.3, 0.4) is 0 Å². The van der Waals surface area contributed by atoms with Crippen molar-refractivity contribution in [1.29, 1.82) is 0 Å². The lowest BCUT2D eigenvalue weighted by molar-refractivity contribution is -0.162. The van der Waals surface area contributed by atoms with Gasteiger partial charge in [-0.05, 0) is 74.8 Å². The number of ether oxygens (including phenoxy) is 1. The average Bonchev–Trinajstić information content (AvgIpc) is 3.20. The van der Waals surface area contributed by atoms with Crippen molar-refractivity contribution in [1.82, 2.24) is 9.88 Å². The van der Waals surface area contributed by atoms with E-state index in [-0.39, 0.29) is 17.6 Å². The molecule has 5 nitrogen and oxygen atoms in total. The standard InChI is InChI=1S/C24H32N2O3/c1-3-21(27)24-10-16-8-18(11-24)22(19(9-16)12-24)29-23(28)26-7-6-17(14-26)20-5-4-15(2)13-25-20/h4-5,13,16-19,22H,3,6-12,14H2,1-2H3. The van der Waals surface area contributed by atoms with Crippen molar-refractivity contribution >= 4 is 11.9 Å². The zero-order valence-electron chi connectivity index (χ0n) is 17.6. The van der Waals surface area contributed by atoms with Crippen molar-refractivity contribution < 1.29 is 14.3 Å². The average molecular weight is 397 g/mol. The summed E-state index contributed by atoms with van der Waals surface area (Å²) < 4.78 is 6.13. The van der Waals surface area contributed by atoms with E-state index in [2.05, 4.69) is 17.1 Å². The fraction of sp³-hybridized carbons (Fsp3) is 0.708. The Morgan fingerprint density at radius 3 is 2.62 bits per heavy atom. The first-order chi connectivity index (χ1) is 14.0. The van der Waals surface area contributed by atoms with Gasteiger partial charge < -0.3 is 9.64 Å². The number of amides is 1. The molecule has 1 saturated heterocycles. The fourth-order valence-corrected chi connectivity index (χ4v) is 6.97. The van der Waals surface area contributed by atoms with E-state index in [9.17, 15) is 9.59 Å². The van der Waals surface area contributed by atoms with E-state index in [0.29, 0.717) is 42.4 Å². The smallest absolute Gasteiger partial charge is 0.410 e. The Bertz CT molecular complexity index is 789. The minimum absolute atomic E-state index is 0.00776. The van der Waals surface area contributed by atoms with Gasteiger partial charge in [0.25, 0.3) is 0 Å². The largest absolute Gasteiger partial charge is 0.446 e. The Labute approximate surface area is 173 Å². The van der Waals surface area contributed by atoms with Crippen LogP contribution in [-0.4, -0.2) is 41.0 Å². The first-order valence-corrected chi connectivity index (χ1v) is 11.4. The quantitative estimate of drug-likeness (QED) is 0.752. The van der Waals surface area contributed by atoms with Gasteiger partial charge in [-0.2, -0.15) is 0 Å². The highest BCUT2D eigenvalue weighted by atomic mass is 16.6. The van der Waals surface area contributed by atoms with Crippen LogP contribution in [0.5, 0.6) is 0 Å². The first-order valence-electron chi connectivity index (χ1n) is 11.4. The third-order valence-corrected chi connectivity index (χ3v) is 8.14. The number of aromatic nitrogens is 1. The molecule has 0 radical (unpaired) electrons. The lowest BCUT2D eigenvalue weighted by atomic mass is 9.47. The molecular formula is C24H32N2O3. The van der Waals surface area contributed by atoms with Crippen molar-refractivity contribution in [3.05, 3.63) is 29.6 Å². The number of rotatable bonds is 4. The van der Waals surface area contributed by atoms with E-state index in [1.54, 1.807) is 0 Å². The SMILES string of the molecule is CCC(=O)C12CC3CC(C1)C(OC(=O)N1CCC(c4ccc(C)cn4)C1)C(C3)C2. The number of hydrogen-bond donors (Lipinski definition) is 0. The molecule has 5 aliphatic rings. The van der Waals surface area contributed by atoms with Gasteiger partial charge in [-0.1, -0.05) is 13.0 Å². The van der Waals surface area contributed by atoms with E-state index in [4.69, 9.17) is 4.74 Å². The predicted octanol–water partition coefficient (Wildman–Crippen LogP) is 4.49. The molecule has 3 atom stereocenters. The minimum atomic E-state index is -0.159. The lowest BCUT2D eigenvalue weighted by Gasteiger charge is -2.58. The van der Waals surface area contributed by atoms with Gasteiger partial charge in [0.05, 0.1) is 0 Å². The molecule has 4 aliphatic carbocycles. The third-order valence-electron chi connectivity index (χ3n) is 8.14. The van der Waals surface area contributed by atoms with Gasteiger partial charge in [0.15, 0.2) is 0 Å². The minimum Gasteiger partial charge on any atom is -0.446 e. The van der Waals surface area contributed by atoms with E-state index in [1.165, 1.54) is 0 Å². The van der Waals surface area contributed by atoms with E-state index in [1.807, 2.05) is 24.9 Å². The van der Waals surface area contributed by atoms with Gasteiger partial charge >= 0.3 is 6.09 Å². The molecule has 0 N–H and O–H groups in total. The molecule has 3 unspecified atom stereocenters. The number of likely N-dealkylation sites (tertiary alicyclic amines) is 1. The van der Waals surface area contributed by atoms with E-state index < -0.39 is 0 Å². The van der Waals surface area contributed by atoms with Crippen molar-refractivity contribution in [2.75, 3.05) is 13.1 Å². The number of nitrogens with zero attached hydrogens (tertiary/aromatic N) is 2. The summed E-state index contributed by atoms with van der Waals surface area (Å²) in [6.45, 7) is 5.46. The summed E-state index contributed by atoms with van der Waals surface area (Å²) in [5.74, 6) is 2.14. The monoisotopic (exact) mass is 396 g/mol. The Balaban J connectivity index is 1.23. The fourth-order valence-electron chi connectivity index (χ4n) is 6.97. The Hall–Kier alpha value is -1.91. The lowest BCUT2D eigenvalue weighted by Crippen LogP contribution is -2.57. The van der Waals surface area contributed by atoms with Gasteiger partial charge in [-0.15, -0.1) is 0 Å². The second-order valence-corrected chi connectivity index (χ2v) is 10.1. The molecule has 4 bridgehead atoms. The normalized spacial score (nSPS) is 37.7. The van der Waals surface area contributed by atoms with Crippen molar-refractivity contribution in [2.24, 2.45) is 23.2 Å². The van der Waals surface area contributed by atoms with Gasteiger partial charge in [0, 0.05) is 42.7 Å². The summed E-state index contributed by atoms with van der Waals surface area (Å²) in [5, 5.41) is 0. The summed E-state index contributed by atoms with van der Waals surface area (Å²) in [7, 11) is 0. The van der Waals surface area contributed by atoms with E-state index >= 15 is 0 Å². The molecule has 0 spiro atoms. The van der Waals surface area contributed by atoms with Crippen LogP contribution in [-0.2, 0) is 9.53 Å².